The quantitative estimate of drug-likeness (QED) is 0.634. The van der Waals surface area contributed by atoms with Crippen LogP contribution in [0.15, 0.2) is 0 Å². The minimum atomic E-state index is -0.474. The van der Waals surface area contributed by atoms with Gasteiger partial charge in [-0.15, -0.1) is 0 Å². The molecular weight excluding hydrogens is 172 g/mol. The fourth-order valence-corrected chi connectivity index (χ4v) is 0.643. The molecule has 2 amide bonds. The van der Waals surface area contributed by atoms with Crippen molar-refractivity contribution >= 4 is 12.0 Å². The van der Waals surface area contributed by atoms with Gasteiger partial charge in [-0.3, -0.25) is 4.79 Å². The molecule has 13 heavy (non-hydrogen) atoms. The lowest BCUT2D eigenvalue weighted by molar-refractivity contribution is -0.129. The van der Waals surface area contributed by atoms with Crippen molar-refractivity contribution in [1.29, 1.82) is 0 Å². The molecule has 0 saturated carbocycles. The number of hydrogen-bond donors (Lipinski definition) is 0. The molecular formula is C8H16N2O3. The maximum atomic E-state index is 11.1. The molecule has 0 radical (unpaired) electrons. The van der Waals surface area contributed by atoms with Gasteiger partial charge in [-0.2, -0.15) is 0 Å². The number of carbonyl (C=O) groups is 2. The molecule has 5 heteroatoms. The molecule has 0 bridgehead atoms. The topological polar surface area (TPSA) is 49.9 Å². The summed E-state index contributed by atoms with van der Waals surface area (Å²) in [5.74, 6) is -0.129. The third-order valence-corrected chi connectivity index (χ3v) is 1.45. The lowest BCUT2D eigenvalue weighted by Crippen LogP contribution is -2.38. The standard InChI is InChI=1S/C8H16N2O3/c1-5-13-8(12)10(4)6-7(11)9(2)3/h5-6H2,1-4H3. The lowest BCUT2D eigenvalue weighted by Gasteiger charge is -2.18. The first kappa shape index (κ1) is 11.7. The van der Waals surface area contributed by atoms with Crippen molar-refractivity contribution in [1.82, 2.24) is 9.80 Å². The van der Waals surface area contributed by atoms with E-state index in [9.17, 15) is 9.59 Å². The number of hydrogen-bond acceptors (Lipinski definition) is 3. The van der Waals surface area contributed by atoms with Crippen LogP contribution in [0, 0.1) is 0 Å². The minimum absolute atomic E-state index is 0.0475. The van der Waals surface area contributed by atoms with E-state index in [1.54, 1.807) is 21.0 Å². The van der Waals surface area contributed by atoms with Crippen LogP contribution in [0.2, 0.25) is 0 Å². The highest BCUT2D eigenvalue weighted by atomic mass is 16.6. The van der Waals surface area contributed by atoms with Crippen molar-refractivity contribution in [2.75, 3.05) is 34.3 Å². The average Bonchev–Trinajstić information content (AvgIpc) is 2.04. The number of nitrogens with zero attached hydrogens (tertiary/aromatic N) is 2. The molecule has 0 fully saturated rings. The highest BCUT2D eigenvalue weighted by Gasteiger charge is 2.14. The number of ether oxygens (including phenoxy) is 1. The van der Waals surface area contributed by atoms with Crippen LogP contribution in [0.5, 0.6) is 0 Å². The smallest absolute Gasteiger partial charge is 0.409 e. The van der Waals surface area contributed by atoms with Gasteiger partial charge < -0.3 is 14.5 Å². The Kier molecular flexibility index (Phi) is 4.87. The summed E-state index contributed by atoms with van der Waals surface area (Å²) in [5.41, 5.74) is 0. The molecule has 0 atom stereocenters. The average molecular weight is 188 g/mol. The molecule has 0 aliphatic rings. The predicted molar refractivity (Wildman–Crippen MR) is 48.3 cm³/mol. The van der Waals surface area contributed by atoms with E-state index in [4.69, 9.17) is 4.74 Å². The zero-order valence-electron chi connectivity index (χ0n) is 8.53. The van der Waals surface area contributed by atoms with Crippen LogP contribution in [-0.4, -0.2) is 56.1 Å². The molecule has 0 aromatic carbocycles. The largest absolute Gasteiger partial charge is 0.450 e. The fourth-order valence-electron chi connectivity index (χ4n) is 0.643. The van der Waals surface area contributed by atoms with E-state index >= 15 is 0 Å². The Hall–Kier alpha value is -1.26. The first-order valence-corrected chi connectivity index (χ1v) is 4.07. The minimum Gasteiger partial charge on any atom is -0.450 e. The van der Waals surface area contributed by atoms with Crippen molar-refractivity contribution in [2.24, 2.45) is 0 Å². The van der Waals surface area contributed by atoms with Crippen LogP contribution in [0.1, 0.15) is 6.92 Å². The zero-order chi connectivity index (χ0) is 10.4. The second kappa shape index (κ2) is 5.40. The van der Waals surface area contributed by atoms with Gasteiger partial charge in [0.15, 0.2) is 0 Å². The number of carbonyl (C=O) groups excluding carboxylic acids is 2. The van der Waals surface area contributed by atoms with E-state index < -0.39 is 6.09 Å². The van der Waals surface area contributed by atoms with E-state index in [2.05, 4.69) is 0 Å². The van der Waals surface area contributed by atoms with Crippen LogP contribution in [0.3, 0.4) is 0 Å². The van der Waals surface area contributed by atoms with Gasteiger partial charge in [-0.05, 0) is 6.92 Å². The normalized spacial score (nSPS) is 9.23. The van der Waals surface area contributed by atoms with Gasteiger partial charge in [0.05, 0.1) is 6.61 Å². The molecule has 0 heterocycles. The fraction of sp³-hybridized carbons (Fsp3) is 0.750. The molecule has 0 aromatic heterocycles. The Labute approximate surface area is 78.3 Å². The summed E-state index contributed by atoms with van der Waals surface area (Å²) in [6, 6.07) is 0. The van der Waals surface area contributed by atoms with E-state index in [-0.39, 0.29) is 12.5 Å². The molecule has 0 N–H and O–H groups in total. The molecule has 0 unspecified atom stereocenters. The first-order valence-electron chi connectivity index (χ1n) is 4.07. The van der Waals surface area contributed by atoms with Crippen LogP contribution in [0.25, 0.3) is 0 Å². The highest BCUT2D eigenvalue weighted by Crippen LogP contribution is 1.91. The van der Waals surface area contributed by atoms with E-state index in [0.29, 0.717) is 6.61 Å². The van der Waals surface area contributed by atoms with Crippen molar-refractivity contribution in [3.8, 4) is 0 Å². The maximum Gasteiger partial charge on any atom is 0.409 e. The summed E-state index contributed by atoms with van der Waals surface area (Å²) in [7, 11) is 4.81. The molecule has 76 valence electrons. The Morgan fingerprint density at radius 2 is 1.77 bits per heavy atom. The molecule has 0 aliphatic carbocycles. The molecule has 0 rings (SSSR count). The van der Waals surface area contributed by atoms with Gasteiger partial charge >= 0.3 is 6.09 Å². The summed E-state index contributed by atoms with van der Waals surface area (Å²) in [5, 5.41) is 0. The Bertz CT molecular complexity index is 192. The summed E-state index contributed by atoms with van der Waals surface area (Å²) in [6.45, 7) is 2.09. The summed E-state index contributed by atoms with van der Waals surface area (Å²) in [6.07, 6.45) is -0.474. The van der Waals surface area contributed by atoms with Crippen molar-refractivity contribution in [3.05, 3.63) is 0 Å². The highest BCUT2D eigenvalue weighted by molar-refractivity contribution is 5.81. The lowest BCUT2D eigenvalue weighted by atomic mass is 10.5. The summed E-state index contributed by atoms with van der Waals surface area (Å²) >= 11 is 0. The molecule has 0 aliphatic heterocycles. The van der Waals surface area contributed by atoms with Gasteiger partial charge in [0.25, 0.3) is 0 Å². The number of likely N-dealkylation sites (N-methyl/N-ethyl adjacent to an activating group) is 2. The van der Waals surface area contributed by atoms with Crippen molar-refractivity contribution < 1.29 is 14.3 Å². The third kappa shape index (κ3) is 4.35. The SMILES string of the molecule is CCOC(=O)N(C)CC(=O)N(C)C. The Balaban J connectivity index is 3.92. The van der Waals surface area contributed by atoms with Gasteiger partial charge in [-0.1, -0.05) is 0 Å². The summed E-state index contributed by atoms with van der Waals surface area (Å²) < 4.78 is 4.70. The Morgan fingerprint density at radius 3 is 2.15 bits per heavy atom. The van der Waals surface area contributed by atoms with Crippen molar-refractivity contribution in [3.63, 3.8) is 0 Å². The Morgan fingerprint density at radius 1 is 1.23 bits per heavy atom. The third-order valence-electron chi connectivity index (χ3n) is 1.45. The molecule has 0 aromatic rings. The van der Waals surface area contributed by atoms with Crippen LogP contribution < -0.4 is 0 Å². The number of amides is 2. The van der Waals surface area contributed by atoms with Gasteiger partial charge in [0, 0.05) is 21.1 Å². The zero-order valence-corrected chi connectivity index (χ0v) is 8.53. The monoisotopic (exact) mass is 188 g/mol. The van der Waals surface area contributed by atoms with Crippen LogP contribution in [-0.2, 0) is 9.53 Å². The van der Waals surface area contributed by atoms with Gasteiger partial charge in [0.1, 0.15) is 6.54 Å². The van der Waals surface area contributed by atoms with E-state index in [1.165, 1.54) is 16.8 Å². The van der Waals surface area contributed by atoms with E-state index in [1.807, 2.05) is 0 Å². The van der Waals surface area contributed by atoms with Gasteiger partial charge in [-0.25, -0.2) is 4.79 Å². The first-order chi connectivity index (χ1) is 5.99. The molecule has 5 nitrogen and oxygen atoms in total. The van der Waals surface area contributed by atoms with Crippen molar-refractivity contribution in [2.45, 2.75) is 6.92 Å². The van der Waals surface area contributed by atoms with E-state index in [0.717, 1.165) is 0 Å². The summed E-state index contributed by atoms with van der Waals surface area (Å²) in [4.78, 5) is 24.8. The second-order valence-electron chi connectivity index (χ2n) is 2.84. The molecule has 0 saturated heterocycles. The van der Waals surface area contributed by atoms with Crippen LogP contribution >= 0.6 is 0 Å². The predicted octanol–water partition coefficient (Wildman–Crippen LogP) is 0.163. The maximum absolute atomic E-state index is 11.1. The molecule has 0 spiro atoms. The van der Waals surface area contributed by atoms with Gasteiger partial charge in [0.2, 0.25) is 5.91 Å². The van der Waals surface area contributed by atoms with Crippen LogP contribution in [0.4, 0.5) is 4.79 Å². The number of rotatable bonds is 3. The second-order valence-corrected chi connectivity index (χ2v) is 2.84.